The zero-order chi connectivity index (χ0) is 10.6. The van der Waals surface area contributed by atoms with Gasteiger partial charge in [-0.05, 0) is 18.2 Å². The van der Waals surface area contributed by atoms with Crippen molar-refractivity contribution in [2.24, 2.45) is 10.7 Å². The first-order chi connectivity index (χ1) is 6.63. The van der Waals surface area contributed by atoms with Gasteiger partial charge in [0.25, 0.3) is 5.91 Å². The van der Waals surface area contributed by atoms with Gasteiger partial charge in [-0.25, -0.2) is 4.39 Å². The third-order valence-electron chi connectivity index (χ3n) is 1.42. The highest BCUT2D eigenvalue weighted by molar-refractivity contribution is 6.29. The lowest BCUT2D eigenvalue weighted by Crippen LogP contribution is -2.15. The number of benzene rings is 1. The fraction of sp³-hybridized carbons (Fsp3) is 0. The summed E-state index contributed by atoms with van der Waals surface area (Å²) in [5.41, 5.74) is 5.07. The second-order valence-corrected chi connectivity index (χ2v) is 2.47. The molecule has 0 aliphatic carbocycles. The van der Waals surface area contributed by atoms with E-state index < -0.39 is 17.6 Å². The lowest BCUT2D eigenvalue weighted by Gasteiger charge is -1.94. The highest BCUT2D eigenvalue weighted by atomic mass is 19.1. The molecule has 0 saturated carbocycles. The van der Waals surface area contributed by atoms with E-state index in [1.807, 2.05) is 0 Å². The fourth-order valence-corrected chi connectivity index (χ4v) is 0.830. The number of amides is 1. The molecule has 1 rings (SSSR count). The van der Waals surface area contributed by atoms with Crippen LogP contribution in [0.25, 0.3) is 0 Å². The van der Waals surface area contributed by atoms with Gasteiger partial charge in [0, 0.05) is 5.56 Å². The molecule has 0 unspecified atom stereocenters. The maximum atomic E-state index is 12.6. The van der Waals surface area contributed by atoms with Crippen molar-refractivity contribution in [3.63, 3.8) is 0 Å². The number of aliphatic imine (C=N–C) groups is 1. The maximum Gasteiger partial charge on any atom is 0.279 e. The van der Waals surface area contributed by atoms with Gasteiger partial charge < -0.3 is 5.73 Å². The van der Waals surface area contributed by atoms with Gasteiger partial charge in [0.15, 0.2) is 12.1 Å². The summed E-state index contributed by atoms with van der Waals surface area (Å²) in [5, 5.41) is 0. The molecule has 0 aliphatic rings. The molecule has 0 atom stereocenters. The van der Waals surface area contributed by atoms with Gasteiger partial charge >= 0.3 is 0 Å². The predicted molar refractivity (Wildman–Crippen MR) is 48.4 cm³/mol. The van der Waals surface area contributed by atoms with Crippen molar-refractivity contribution in [2.75, 3.05) is 0 Å². The molecule has 1 amide bonds. The third-order valence-corrected chi connectivity index (χ3v) is 1.42. The third kappa shape index (κ3) is 2.48. The molecule has 0 radical (unpaired) electrons. The summed E-state index contributed by atoms with van der Waals surface area (Å²) in [5.74, 6) is -1.72. The van der Waals surface area contributed by atoms with E-state index in [0.717, 1.165) is 6.07 Å². The number of halogens is 1. The molecule has 72 valence electrons. The number of carbonyl (C=O) groups is 2. The fourth-order valence-electron chi connectivity index (χ4n) is 0.830. The first-order valence-corrected chi connectivity index (χ1v) is 3.72. The molecule has 14 heavy (non-hydrogen) atoms. The van der Waals surface area contributed by atoms with Gasteiger partial charge in [0.1, 0.15) is 5.82 Å². The normalized spacial score (nSPS) is 11.1. The SMILES string of the molecule is NC(C=O)=NC(=O)c1cccc(F)c1. The molecule has 1 aromatic carbocycles. The van der Waals surface area contributed by atoms with E-state index in [4.69, 9.17) is 5.73 Å². The average molecular weight is 194 g/mol. The van der Waals surface area contributed by atoms with Crippen LogP contribution in [0.5, 0.6) is 0 Å². The summed E-state index contributed by atoms with van der Waals surface area (Å²) in [6, 6.07) is 4.97. The molecule has 1 aromatic rings. The summed E-state index contributed by atoms with van der Waals surface area (Å²) < 4.78 is 12.6. The average Bonchev–Trinajstić information content (AvgIpc) is 2.17. The van der Waals surface area contributed by atoms with Crippen molar-refractivity contribution in [3.8, 4) is 0 Å². The lowest BCUT2D eigenvalue weighted by atomic mass is 10.2. The van der Waals surface area contributed by atoms with Gasteiger partial charge in [-0.3, -0.25) is 9.59 Å². The monoisotopic (exact) mass is 194 g/mol. The van der Waals surface area contributed by atoms with Crippen LogP contribution in [0.1, 0.15) is 10.4 Å². The summed E-state index contributed by atoms with van der Waals surface area (Å²) in [4.78, 5) is 24.5. The summed E-state index contributed by atoms with van der Waals surface area (Å²) in [7, 11) is 0. The summed E-state index contributed by atoms with van der Waals surface area (Å²) >= 11 is 0. The smallest absolute Gasteiger partial charge is 0.279 e. The van der Waals surface area contributed by atoms with Crippen LogP contribution in [-0.2, 0) is 4.79 Å². The molecule has 5 heteroatoms. The molecule has 0 saturated heterocycles. The highest BCUT2D eigenvalue weighted by Crippen LogP contribution is 2.04. The zero-order valence-electron chi connectivity index (χ0n) is 7.11. The molecule has 0 aromatic heterocycles. The first-order valence-electron chi connectivity index (χ1n) is 3.72. The van der Waals surface area contributed by atoms with Crippen molar-refractivity contribution < 1.29 is 14.0 Å². The molecule has 0 aliphatic heterocycles. The van der Waals surface area contributed by atoms with Gasteiger partial charge in [-0.1, -0.05) is 6.07 Å². The molecule has 0 spiro atoms. The topological polar surface area (TPSA) is 72.5 Å². The van der Waals surface area contributed by atoms with Gasteiger partial charge in [-0.15, -0.1) is 0 Å². The van der Waals surface area contributed by atoms with Crippen LogP contribution in [0.2, 0.25) is 0 Å². The summed E-state index contributed by atoms with van der Waals surface area (Å²) in [6.07, 6.45) is 0.247. The Morgan fingerprint density at radius 2 is 2.21 bits per heavy atom. The van der Waals surface area contributed by atoms with E-state index in [0.29, 0.717) is 0 Å². The Morgan fingerprint density at radius 3 is 2.79 bits per heavy atom. The van der Waals surface area contributed by atoms with Gasteiger partial charge in [0.2, 0.25) is 0 Å². The van der Waals surface area contributed by atoms with Gasteiger partial charge in [0.05, 0.1) is 0 Å². The number of aldehydes is 1. The number of nitrogens with two attached hydrogens (primary N) is 1. The first kappa shape index (κ1) is 10.0. The van der Waals surface area contributed by atoms with E-state index >= 15 is 0 Å². The van der Waals surface area contributed by atoms with Crippen molar-refractivity contribution in [3.05, 3.63) is 35.6 Å². The molecule has 4 nitrogen and oxygen atoms in total. The standard InChI is InChI=1S/C9H7FN2O2/c10-7-3-1-2-6(4-7)9(14)12-8(11)5-13/h1-5H,(H2,11,12,14). The number of amidine groups is 1. The molecule has 2 N–H and O–H groups in total. The zero-order valence-corrected chi connectivity index (χ0v) is 7.11. The minimum absolute atomic E-state index is 0.0507. The predicted octanol–water partition coefficient (Wildman–Crippen LogP) is 0.522. The van der Waals surface area contributed by atoms with Crippen molar-refractivity contribution in [2.45, 2.75) is 0 Å². The van der Waals surface area contributed by atoms with Crippen molar-refractivity contribution >= 4 is 18.0 Å². The Balaban J connectivity index is 2.96. The van der Waals surface area contributed by atoms with Crippen molar-refractivity contribution in [1.82, 2.24) is 0 Å². The minimum Gasteiger partial charge on any atom is -0.381 e. The van der Waals surface area contributed by atoms with Crippen LogP contribution >= 0.6 is 0 Å². The van der Waals surface area contributed by atoms with E-state index in [1.165, 1.54) is 18.2 Å². The number of carbonyl (C=O) groups excluding carboxylic acids is 2. The number of rotatable bonds is 2. The second kappa shape index (κ2) is 4.27. The van der Waals surface area contributed by atoms with Crippen LogP contribution < -0.4 is 5.73 Å². The molecular weight excluding hydrogens is 187 g/mol. The maximum absolute atomic E-state index is 12.6. The largest absolute Gasteiger partial charge is 0.381 e. The van der Waals surface area contributed by atoms with E-state index in [-0.39, 0.29) is 11.8 Å². The van der Waals surface area contributed by atoms with E-state index in [9.17, 15) is 14.0 Å². The minimum atomic E-state index is -0.742. The van der Waals surface area contributed by atoms with Gasteiger partial charge in [-0.2, -0.15) is 4.99 Å². The van der Waals surface area contributed by atoms with E-state index in [1.54, 1.807) is 0 Å². The molecule has 0 heterocycles. The quantitative estimate of drug-likeness (QED) is 0.424. The highest BCUT2D eigenvalue weighted by Gasteiger charge is 2.05. The Kier molecular flexibility index (Phi) is 3.06. The van der Waals surface area contributed by atoms with Crippen LogP contribution in [0, 0.1) is 5.82 Å². The van der Waals surface area contributed by atoms with Crippen molar-refractivity contribution in [1.29, 1.82) is 0 Å². The van der Waals surface area contributed by atoms with Crippen LogP contribution in [0.15, 0.2) is 29.3 Å². The second-order valence-electron chi connectivity index (χ2n) is 2.47. The van der Waals surface area contributed by atoms with E-state index in [2.05, 4.69) is 4.99 Å². The molecule has 0 fully saturated rings. The summed E-state index contributed by atoms with van der Waals surface area (Å²) in [6.45, 7) is 0. The molecule has 0 bridgehead atoms. The number of hydrogen-bond acceptors (Lipinski definition) is 2. The Labute approximate surface area is 79.3 Å². The molecular formula is C9H7FN2O2. The van der Waals surface area contributed by atoms with Crippen LogP contribution in [0.3, 0.4) is 0 Å². The Bertz CT molecular complexity index is 402. The lowest BCUT2D eigenvalue weighted by molar-refractivity contribution is -0.102. The number of nitrogens with zero attached hydrogens (tertiary/aromatic N) is 1. The van der Waals surface area contributed by atoms with Crippen LogP contribution in [0.4, 0.5) is 4.39 Å². The number of hydrogen-bond donors (Lipinski definition) is 1. The Hall–Kier alpha value is -2.04. The van der Waals surface area contributed by atoms with Crippen LogP contribution in [-0.4, -0.2) is 18.0 Å². The Morgan fingerprint density at radius 1 is 1.50 bits per heavy atom.